The molecule has 0 amide bonds. The minimum Gasteiger partial charge on any atom is -0.504 e. The standard InChI is InChI=1S/C10H11NO6/c1-2-16-10(13)6-17-9-5-7(11(14)15)3-4-8(9)12/h3-5,12H,2,6H2,1H3. The molecule has 0 unspecified atom stereocenters. The number of nitrogens with zero attached hydrogens (tertiary/aromatic N) is 1. The molecule has 1 aromatic rings. The zero-order valence-electron chi connectivity index (χ0n) is 9.08. The summed E-state index contributed by atoms with van der Waals surface area (Å²) in [5.41, 5.74) is -0.235. The van der Waals surface area contributed by atoms with E-state index in [1.165, 1.54) is 0 Å². The third-order valence-corrected chi connectivity index (χ3v) is 1.81. The van der Waals surface area contributed by atoms with Crippen LogP contribution in [0.15, 0.2) is 18.2 Å². The van der Waals surface area contributed by atoms with Crippen molar-refractivity contribution in [3.05, 3.63) is 28.3 Å². The molecule has 17 heavy (non-hydrogen) atoms. The van der Waals surface area contributed by atoms with Gasteiger partial charge in [-0.25, -0.2) is 4.79 Å². The van der Waals surface area contributed by atoms with Gasteiger partial charge in [0.25, 0.3) is 5.69 Å². The maximum absolute atomic E-state index is 11.0. The summed E-state index contributed by atoms with van der Waals surface area (Å²) in [5, 5.41) is 19.8. The van der Waals surface area contributed by atoms with E-state index in [9.17, 15) is 20.0 Å². The van der Waals surface area contributed by atoms with Gasteiger partial charge in [-0.1, -0.05) is 0 Å². The summed E-state index contributed by atoms with van der Waals surface area (Å²) in [6, 6.07) is 3.29. The maximum Gasteiger partial charge on any atom is 0.344 e. The van der Waals surface area contributed by atoms with Crippen molar-refractivity contribution in [1.29, 1.82) is 0 Å². The molecule has 1 rings (SSSR count). The second-order valence-corrected chi connectivity index (χ2v) is 3.00. The molecular weight excluding hydrogens is 230 g/mol. The summed E-state index contributed by atoms with van der Waals surface area (Å²) in [7, 11) is 0. The fraction of sp³-hybridized carbons (Fsp3) is 0.300. The van der Waals surface area contributed by atoms with Crippen molar-refractivity contribution in [3.8, 4) is 11.5 Å². The molecule has 7 heteroatoms. The van der Waals surface area contributed by atoms with Crippen molar-refractivity contribution in [3.63, 3.8) is 0 Å². The maximum atomic E-state index is 11.0. The van der Waals surface area contributed by atoms with Gasteiger partial charge >= 0.3 is 5.97 Å². The van der Waals surface area contributed by atoms with Crippen LogP contribution < -0.4 is 4.74 Å². The lowest BCUT2D eigenvalue weighted by Crippen LogP contribution is -2.14. The minimum absolute atomic E-state index is 0.132. The van der Waals surface area contributed by atoms with E-state index in [-0.39, 0.29) is 23.8 Å². The van der Waals surface area contributed by atoms with Gasteiger partial charge < -0.3 is 14.6 Å². The second kappa shape index (κ2) is 5.69. The third-order valence-electron chi connectivity index (χ3n) is 1.81. The Morgan fingerprint density at radius 2 is 2.24 bits per heavy atom. The first-order valence-electron chi connectivity index (χ1n) is 4.80. The molecule has 0 aliphatic heterocycles. The zero-order chi connectivity index (χ0) is 12.8. The highest BCUT2D eigenvalue weighted by Crippen LogP contribution is 2.29. The highest BCUT2D eigenvalue weighted by molar-refractivity contribution is 5.71. The van der Waals surface area contributed by atoms with Crippen LogP contribution in [-0.2, 0) is 9.53 Å². The number of carbonyl (C=O) groups excluding carboxylic acids is 1. The van der Waals surface area contributed by atoms with E-state index in [4.69, 9.17) is 4.74 Å². The van der Waals surface area contributed by atoms with Crippen molar-refractivity contribution < 1.29 is 24.3 Å². The summed E-state index contributed by atoms with van der Waals surface area (Å²) >= 11 is 0. The van der Waals surface area contributed by atoms with Gasteiger partial charge in [0.1, 0.15) is 0 Å². The second-order valence-electron chi connectivity index (χ2n) is 3.00. The number of esters is 1. The first-order valence-corrected chi connectivity index (χ1v) is 4.80. The molecule has 7 nitrogen and oxygen atoms in total. The zero-order valence-corrected chi connectivity index (χ0v) is 9.08. The Morgan fingerprint density at radius 1 is 1.53 bits per heavy atom. The van der Waals surface area contributed by atoms with E-state index in [0.717, 1.165) is 18.2 Å². The van der Waals surface area contributed by atoms with E-state index < -0.39 is 17.5 Å². The Labute approximate surface area is 96.7 Å². The number of benzene rings is 1. The summed E-state index contributed by atoms with van der Waals surface area (Å²) in [6.45, 7) is 1.44. The Balaban J connectivity index is 2.73. The van der Waals surface area contributed by atoms with Crippen LogP contribution in [0.1, 0.15) is 6.92 Å². The molecule has 1 aromatic carbocycles. The number of phenolic OH excluding ortho intramolecular Hbond substituents is 1. The van der Waals surface area contributed by atoms with Crippen molar-refractivity contribution in [1.82, 2.24) is 0 Å². The molecule has 0 atom stereocenters. The Morgan fingerprint density at radius 3 is 2.82 bits per heavy atom. The molecule has 0 aromatic heterocycles. The summed E-state index contributed by atoms with van der Waals surface area (Å²) in [4.78, 5) is 20.8. The number of aromatic hydroxyl groups is 1. The number of nitro groups is 1. The van der Waals surface area contributed by atoms with Crippen molar-refractivity contribution in [2.45, 2.75) is 6.92 Å². The molecule has 0 aliphatic carbocycles. The molecule has 0 saturated carbocycles. The van der Waals surface area contributed by atoms with Crippen LogP contribution in [0.4, 0.5) is 5.69 Å². The number of phenols is 1. The monoisotopic (exact) mass is 241 g/mol. The molecule has 1 N–H and O–H groups in total. The van der Waals surface area contributed by atoms with E-state index >= 15 is 0 Å². The number of nitro benzene ring substituents is 1. The smallest absolute Gasteiger partial charge is 0.344 e. The fourth-order valence-corrected chi connectivity index (χ4v) is 1.07. The van der Waals surface area contributed by atoms with Gasteiger partial charge in [0.05, 0.1) is 17.6 Å². The van der Waals surface area contributed by atoms with Crippen LogP contribution in [0.3, 0.4) is 0 Å². The van der Waals surface area contributed by atoms with Gasteiger partial charge in [-0.05, 0) is 13.0 Å². The van der Waals surface area contributed by atoms with E-state index in [0.29, 0.717) is 0 Å². The SMILES string of the molecule is CCOC(=O)COc1cc([N+](=O)[O-])ccc1O. The Hall–Kier alpha value is -2.31. The molecule has 0 saturated heterocycles. The number of rotatable bonds is 5. The normalized spacial score (nSPS) is 9.71. The topological polar surface area (TPSA) is 98.9 Å². The number of non-ortho nitro benzene ring substituents is 1. The van der Waals surface area contributed by atoms with E-state index in [1.807, 2.05) is 0 Å². The van der Waals surface area contributed by atoms with Crippen LogP contribution in [0, 0.1) is 10.1 Å². The lowest BCUT2D eigenvalue weighted by molar-refractivity contribution is -0.385. The van der Waals surface area contributed by atoms with Crippen molar-refractivity contribution >= 4 is 11.7 Å². The van der Waals surface area contributed by atoms with Gasteiger partial charge in [-0.3, -0.25) is 10.1 Å². The average molecular weight is 241 g/mol. The lowest BCUT2D eigenvalue weighted by atomic mass is 10.3. The molecule has 0 radical (unpaired) electrons. The first-order chi connectivity index (χ1) is 8.04. The van der Waals surface area contributed by atoms with E-state index in [2.05, 4.69) is 4.74 Å². The van der Waals surface area contributed by atoms with Gasteiger partial charge in [0.2, 0.25) is 0 Å². The predicted octanol–water partition coefficient (Wildman–Crippen LogP) is 1.24. The van der Waals surface area contributed by atoms with Gasteiger partial charge in [0.15, 0.2) is 18.1 Å². The van der Waals surface area contributed by atoms with Crippen molar-refractivity contribution in [2.75, 3.05) is 13.2 Å². The number of hydrogen-bond acceptors (Lipinski definition) is 6. The Bertz CT molecular complexity index is 431. The quantitative estimate of drug-likeness (QED) is 0.473. The third kappa shape index (κ3) is 3.63. The summed E-state index contributed by atoms with van der Waals surface area (Å²) < 4.78 is 9.51. The largest absolute Gasteiger partial charge is 0.504 e. The molecule has 0 fully saturated rings. The molecular formula is C10H11NO6. The minimum atomic E-state index is -0.628. The summed E-state index contributed by atoms with van der Waals surface area (Å²) in [5.74, 6) is -1.02. The highest BCUT2D eigenvalue weighted by Gasteiger charge is 2.12. The van der Waals surface area contributed by atoms with E-state index in [1.54, 1.807) is 6.92 Å². The number of hydrogen-bond donors (Lipinski definition) is 1. The van der Waals surface area contributed by atoms with Crippen LogP contribution >= 0.6 is 0 Å². The lowest BCUT2D eigenvalue weighted by Gasteiger charge is -2.06. The van der Waals surface area contributed by atoms with Crippen molar-refractivity contribution in [2.24, 2.45) is 0 Å². The van der Waals surface area contributed by atoms with Gasteiger partial charge in [-0.15, -0.1) is 0 Å². The molecule has 0 aliphatic rings. The van der Waals surface area contributed by atoms with Crippen LogP contribution in [-0.4, -0.2) is 29.2 Å². The fourth-order valence-electron chi connectivity index (χ4n) is 1.07. The number of ether oxygens (including phenoxy) is 2. The molecule has 0 heterocycles. The van der Waals surface area contributed by atoms with Crippen LogP contribution in [0.25, 0.3) is 0 Å². The van der Waals surface area contributed by atoms with Gasteiger partial charge in [0, 0.05) is 6.07 Å². The average Bonchev–Trinajstić information content (AvgIpc) is 2.28. The predicted molar refractivity (Wildman–Crippen MR) is 56.9 cm³/mol. The Kier molecular flexibility index (Phi) is 4.27. The summed E-state index contributed by atoms with van der Waals surface area (Å²) in [6.07, 6.45) is 0. The van der Waals surface area contributed by atoms with Gasteiger partial charge in [-0.2, -0.15) is 0 Å². The highest BCUT2D eigenvalue weighted by atomic mass is 16.6. The number of carbonyl (C=O) groups is 1. The first kappa shape index (κ1) is 12.8. The molecule has 0 bridgehead atoms. The van der Waals surface area contributed by atoms with Crippen LogP contribution in [0.2, 0.25) is 0 Å². The molecule has 92 valence electrons. The molecule has 0 spiro atoms. The van der Waals surface area contributed by atoms with Crippen LogP contribution in [0.5, 0.6) is 11.5 Å².